The Morgan fingerprint density at radius 3 is 2.94 bits per heavy atom. The average Bonchev–Trinajstić information content (AvgIpc) is 2.58. The minimum absolute atomic E-state index is 0.0602. The first kappa shape index (κ1) is 12.8. The van der Waals surface area contributed by atoms with Gasteiger partial charge in [-0.2, -0.15) is 5.10 Å². The maximum absolute atomic E-state index is 13.2. The van der Waals surface area contributed by atoms with Crippen molar-refractivity contribution in [2.45, 2.75) is 38.2 Å². The summed E-state index contributed by atoms with van der Waals surface area (Å²) in [6, 6.07) is 0. The zero-order valence-electron chi connectivity index (χ0n) is 9.77. The van der Waals surface area contributed by atoms with Crippen molar-refractivity contribution in [3.8, 4) is 0 Å². The van der Waals surface area contributed by atoms with E-state index in [1.165, 1.54) is 10.9 Å². The highest BCUT2D eigenvalue weighted by Gasteiger charge is 2.36. The van der Waals surface area contributed by atoms with Crippen LogP contribution in [0.4, 0.5) is 14.5 Å². The van der Waals surface area contributed by atoms with Crippen LogP contribution in [0.25, 0.3) is 0 Å². The minimum atomic E-state index is -2.61. The number of alkyl halides is 2. The Bertz CT molecular complexity index is 459. The van der Waals surface area contributed by atoms with Crippen LogP contribution in [-0.2, 0) is 6.54 Å². The maximum atomic E-state index is 13.2. The van der Waals surface area contributed by atoms with Crippen molar-refractivity contribution >= 4 is 11.7 Å². The van der Waals surface area contributed by atoms with E-state index in [-0.39, 0.29) is 36.7 Å². The lowest BCUT2D eigenvalue weighted by molar-refractivity contribution is -0.0552. The van der Waals surface area contributed by atoms with Gasteiger partial charge in [0.1, 0.15) is 0 Å². The summed E-state index contributed by atoms with van der Waals surface area (Å²) >= 11 is 0. The third-order valence-electron chi connectivity index (χ3n) is 3.18. The second-order valence-corrected chi connectivity index (χ2v) is 4.78. The molecule has 1 atom stereocenters. The van der Waals surface area contributed by atoms with E-state index in [0.717, 1.165) is 0 Å². The molecular weight excluding hydrogens is 244 g/mol. The van der Waals surface area contributed by atoms with Crippen molar-refractivity contribution in [2.24, 2.45) is 5.92 Å². The van der Waals surface area contributed by atoms with Crippen molar-refractivity contribution in [1.82, 2.24) is 9.78 Å². The second kappa shape index (κ2) is 4.55. The van der Waals surface area contributed by atoms with Crippen molar-refractivity contribution < 1.29 is 18.7 Å². The van der Waals surface area contributed by atoms with Crippen molar-refractivity contribution in [3.63, 3.8) is 0 Å². The normalized spacial score (nSPS) is 22.9. The van der Waals surface area contributed by atoms with Crippen LogP contribution in [0, 0.1) is 5.92 Å². The highest BCUT2D eigenvalue weighted by atomic mass is 19.3. The second-order valence-electron chi connectivity index (χ2n) is 4.78. The molecule has 1 aliphatic rings. The number of nitrogen functional groups attached to an aromatic ring is 1. The van der Waals surface area contributed by atoms with Gasteiger partial charge in [-0.05, 0) is 18.8 Å². The van der Waals surface area contributed by atoms with E-state index in [2.05, 4.69) is 5.10 Å². The third-order valence-corrected chi connectivity index (χ3v) is 3.18. The topological polar surface area (TPSA) is 81.1 Å². The van der Waals surface area contributed by atoms with Crippen LogP contribution in [0.2, 0.25) is 0 Å². The molecule has 0 spiro atoms. The van der Waals surface area contributed by atoms with Crippen LogP contribution in [0.15, 0.2) is 6.20 Å². The number of nitrogens with zero attached hydrogens (tertiary/aromatic N) is 2. The molecule has 0 bridgehead atoms. The quantitative estimate of drug-likeness (QED) is 0.869. The van der Waals surface area contributed by atoms with E-state index in [4.69, 9.17) is 10.8 Å². The molecule has 0 aliphatic heterocycles. The molecule has 1 heterocycles. The van der Waals surface area contributed by atoms with Gasteiger partial charge in [-0.1, -0.05) is 0 Å². The Morgan fingerprint density at radius 1 is 1.67 bits per heavy atom. The molecule has 3 N–H and O–H groups in total. The fraction of sp³-hybridized carbons (Fsp3) is 0.636. The van der Waals surface area contributed by atoms with Gasteiger partial charge in [0.15, 0.2) is 5.69 Å². The van der Waals surface area contributed by atoms with E-state index in [1.807, 2.05) is 0 Å². The highest BCUT2D eigenvalue weighted by molar-refractivity contribution is 5.91. The van der Waals surface area contributed by atoms with E-state index >= 15 is 0 Å². The number of halogens is 2. The maximum Gasteiger partial charge on any atom is 0.358 e. The SMILES string of the molecule is Nc1cn(CC2CCCC(F)(F)C2)nc1C(=O)O. The van der Waals surface area contributed by atoms with Gasteiger partial charge in [0.05, 0.1) is 5.69 Å². The lowest BCUT2D eigenvalue weighted by Gasteiger charge is -2.28. The van der Waals surface area contributed by atoms with E-state index in [9.17, 15) is 13.6 Å². The van der Waals surface area contributed by atoms with Crippen LogP contribution in [0.3, 0.4) is 0 Å². The van der Waals surface area contributed by atoms with Gasteiger partial charge in [-0.15, -0.1) is 0 Å². The summed E-state index contributed by atoms with van der Waals surface area (Å²) in [6.07, 6.45) is 2.34. The lowest BCUT2D eigenvalue weighted by Crippen LogP contribution is -2.28. The first-order chi connectivity index (χ1) is 8.37. The van der Waals surface area contributed by atoms with E-state index in [0.29, 0.717) is 12.8 Å². The molecule has 0 radical (unpaired) electrons. The third kappa shape index (κ3) is 2.77. The first-order valence-corrected chi connectivity index (χ1v) is 5.81. The molecule has 1 fully saturated rings. The summed E-state index contributed by atoms with van der Waals surface area (Å²) in [7, 11) is 0. The smallest absolute Gasteiger partial charge is 0.358 e. The van der Waals surface area contributed by atoms with Gasteiger partial charge in [0.25, 0.3) is 0 Å². The van der Waals surface area contributed by atoms with Crippen LogP contribution in [-0.4, -0.2) is 26.8 Å². The Hall–Kier alpha value is -1.66. The molecule has 18 heavy (non-hydrogen) atoms. The van der Waals surface area contributed by atoms with Crippen LogP contribution in [0.1, 0.15) is 36.2 Å². The summed E-state index contributed by atoms with van der Waals surface area (Å²) in [5.74, 6) is -4.01. The molecule has 5 nitrogen and oxygen atoms in total. The molecule has 2 rings (SSSR count). The number of nitrogens with two attached hydrogens (primary N) is 1. The molecule has 100 valence electrons. The number of carboxylic acid groups (broad SMARTS) is 1. The summed E-state index contributed by atoms with van der Waals surface area (Å²) in [5.41, 5.74) is 5.32. The van der Waals surface area contributed by atoms with Crippen molar-refractivity contribution in [3.05, 3.63) is 11.9 Å². The van der Waals surface area contributed by atoms with Gasteiger partial charge in [-0.3, -0.25) is 4.68 Å². The predicted octanol–water partition coefficient (Wildman–Crippen LogP) is 1.99. The number of hydrogen-bond donors (Lipinski definition) is 2. The average molecular weight is 259 g/mol. The first-order valence-electron chi connectivity index (χ1n) is 5.81. The fourth-order valence-corrected chi connectivity index (χ4v) is 2.39. The number of carboxylic acids is 1. The number of rotatable bonds is 3. The lowest BCUT2D eigenvalue weighted by atomic mass is 9.86. The molecule has 1 aliphatic carbocycles. The summed E-state index contributed by atoms with van der Waals surface area (Å²) in [4.78, 5) is 10.8. The molecule has 0 amide bonds. The van der Waals surface area contributed by atoms with Gasteiger partial charge >= 0.3 is 5.97 Å². The van der Waals surface area contributed by atoms with Gasteiger partial charge in [-0.25, -0.2) is 13.6 Å². The predicted molar refractivity (Wildman–Crippen MR) is 60.5 cm³/mol. The Morgan fingerprint density at radius 2 is 2.39 bits per heavy atom. The highest BCUT2D eigenvalue weighted by Crippen LogP contribution is 2.37. The summed E-state index contributed by atoms with van der Waals surface area (Å²) < 4.78 is 27.8. The Labute approximate surface area is 103 Å². The molecule has 7 heteroatoms. The zero-order valence-corrected chi connectivity index (χ0v) is 9.77. The van der Waals surface area contributed by atoms with Crippen LogP contribution < -0.4 is 5.73 Å². The largest absolute Gasteiger partial charge is 0.476 e. The number of carbonyl (C=O) groups is 1. The minimum Gasteiger partial charge on any atom is -0.476 e. The molecule has 1 unspecified atom stereocenters. The molecule has 0 saturated heterocycles. The number of anilines is 1. The summed E-state index contributed by atoms with van der Waals surface area (Å²) in [5, 5.41) is 12.6. The van der Waals surface area contributed by atoms with E-state index < -0.39 is 11.9 Å². The molecule has 0 aromatic carbocycles. The van der Waals surface area contributed by atoms with Crippen LogP contribution >= 0.6 is 0 Å². The number of aromatic carboxylic acids is 1. The van der Waals surface area contributed by atoms with Crippen molar-refractivity contribution in [1.29, 1.82) is 0 Å². The standard InChI is InChI=1S/C11H15F2N3O2/c12-11(13)3-1-2-7(4-11)5-16-6-8(14)9(15-16)10(17)18/h6-7H,1-5,14H2,(H,17,18). The van der Waals surface area contributed by atoms with Crippen LogP contribution in [0.5, 0.6) is 0 Å². The monoisotopic (exact) mass is 259 g/mol. The Kier molecular flexibility index (Phi) is 3.23. The number of hydrogen-bond acceptors (Lipinski definition) is 3. The molecule has 1 aromatic heterocycles. The fourth-order valence-electron chi connectivity index (χ4n) is 2.39. The molecule has 1 saturated carbocycles. The molecule has 1 aromatic rings. The van der Waals surface area contributed by atoms with Gasteiger partial charge in [0.2, 0.25) is 5.92 Å². The summed E-state index contributed by atoms with van der Waals surface area (Å²) in [6.45, 7) is 0.285. The van der Waals surface area contributed by atoms with Gasteiger partial charge < -0.3 is 10.8 Å². The Balaban J connectivity index is 2.05. The van der Waals surface area contributed by atoms with Gasteiger partial charge in [0, 0.05) is 25.6 Å². The molecular formula is C11H15F2N3O2. The van der Waals surface area contributed by atoms with Crippen molar-refractivity contribution in [2.75, 3.05) is 5.73 Å². The number of aromatic nitrogens is 2. The van der Waals surface area contributed by atoms with E-state index in [1.54, 1.807) is 0 Å². The zero-order chi connectivity index (χ0) is 13.3.